The van der Waals surface area contributed by atoms with Crippen LogP contribution in [0.2, 0.25) is 0 Å². The molecular formula is C17H13NO2. The molecule has 2 aromatic carbocycles. The Morgan fingerprint density at radius 2 is 1.95 bits per heavy atom. The summed E-state index contributed by atoms with van der Waals surface area (Å²) in [4.78, 5) is 12.2. The lowest BCUT2D eigenvalue weighted by molar-refractivity contribution is 0.0306. The zero-order chi connectivity index (χ0) is 13.7. The maximum Gasteiger partial charge on any atom is 0.255 e. The molecule has 0 fully saturated rings. The van der Waals surface area contributed by atoms with E-state index in [9.17, 15) is 4.79 Å². The van der Waals surface area contributed by atoms with Crippen LogP contribution in [0.4, 0.5) is 0 Å². The van der Waals surface area contributed by atoms with Crippen molar-refractivity contribution in [2.45, 2.75) is 12.6 Å². The van der Waals surface area contributed by atoms with E-state index < -0.39 is 5.72 Å². The molecule has 98 valence electrons. The van der Waals surface area contributed by atoms with Gasteiger partial charge in [0.05, 0.1) is 6.26 Å². The molecular weight excluding hydrogens is 250 g/mol. The van der Waals surface area contributed by atoms with Crippen molar-refractivity contribution in [1.82, 2.24) is 5.32 Å². The van der Waals surface area contributed by atoms with Gasteiger partial charge in [-0.15, -0.1) is 0 Å². The van der Waals surface area contributed by atoms with Gasteiger partial charge < -0.3 is 10.1 Å². The summed E-state index contributed by atoms with van der Waals surface area (Å²) in [5.74, 6) is -0.0950. The SMILES string of the molecule is Cc1ccc2c(c1)C=COC21NC(=O)c2ccccc21. The number of ether oxygens (including phenoxy) is 1. The van der Waals surface area contributed by atoms with Gasteiger partial charge in [0.1, 0.15) is 0 Å². The van der Waals surface area contributed by atoms with Crippen molar-refractivity contribution in [1.29, 1.82) is 0 Å². The average molecular weight is 263 g/mol. The smallest absolute Gasteiger partial charge is 0.255 e. The fourth-order valence-corrected chi connectivity index (χ4v) is 3.00. The van der Waals surface area contributed by atoms with Crippen molar-refractivity contribution in [2.75, 3.05) is 0 Å². The van der Waals surface area contributed by atoms with E-state index in [1.165, 1.54) is 5.56 Å². The third-order valence-electron chi connectivity index (χ3n) is 3.92. The van der Waals surface area contributed by atoms with E-state index in [-0.39, 0.29) is 5.91 Å². The number of rotatable bonds is 0. The fraction of sp³-hybridized carbons (Fsp3) is 0.118. The Balaban J connectivity index is 2.01. The molecule has 0 aliphatic carbocycles. The summed E-state index contributed by atoms with van der Waals surface area (Å²) in [6.45, 7) is 2.05. The van der Waals surface area contributed by atoms with E-state index in [1.54, 1.807) is 6.26 Å². The lowest BCUT2D eigenvalue weighted by atomic mass is 9.88. The highest BCUT2D eigenvalue weighted by atomic mass is 16.5. The summed E-state index contributed by atoms with van der Waals surface area (Å²) >= 11 is 0. The average Bonchev–Trinajstić information content (AvgIpc) is 2.73. The quantitative estimate of drug-likeness (QED) is 0.793. The number of nitrogens with one attached hydrogen (secondary N) is 1. The van der Waals surface area contributed by atoms with Crippen LogP contribution >= 0.6 is 0 Å². The van der Waals surface area contributed by atoms with Crippen molar-refractivity contribution in [2.24, 2.45) is 0 Å². The van der Waals surface area contributed by atoms with Crippen molar-refractivity contribution < 1.29 is 9.53 Å². The van der Waals surface area contributed by atoms with E-state index in [1.807, 2.05) is 42.5 Å². The molecule has 0 bridgehead atoms. The number of amides is 1. The Bertz CT molecular complexity index is 763. The number of hydrogen-bond acceptors (Lipinski definition) is 2. The fourth-order valence-electron chi connectivity index (χ4n) is 3.00. The molecule has 2 heterocycles. The Labute approximate surface area is 116 Å². The molecule has 1 spiro atoms. The minimum atomic E-state index is -0.883. The second kappa shape index (κ2) is 3.73. The normalized spacial score (nSPS) is 22.1. The van der Waals surface area contributed by atoms with E-state index in [0.29, 0.717) is 5.56 Å². The van der Waals surface area contributed by atoms with Gasteiger partial charge in [-0.05, 0) is 24.6 Å². The highest BCUT2D eigenvalue weighted by molar-refractivity contribution is 6.00. The minimum Gasteiger partial charge on any atom is -0.467 e. The van der Waals surface area contributed by atoms with Crippen molar-refractivity contribution in [3.63, 3.8) is 0 Å². The van der Waals surface area contributed by atoms with Crippen molar-refractivity contribution in [3.05, 3.63) is 76.5 Å². The molecule has 4 rings (SSSR count). The molecule has 2 aliphatic rings. The summed E-state index contributed by atoms with van der Waals surface area (Å²) in [5.41, 5.74) is 3.90. The summed E-state index contributed by atoms with van der Waals surface area (Å²) in [6, 6.07) is 13.7. The maximum absolute atomic E-state index is 12.2. The molecule has 0 radical (unpaired) electrons. The third-order valence-corrected chi connectivity index (χ3v) is 3.92. The number of aryl methyl sites for hydroxylation is 1. The van der Waals surface area contributed by atoms with Crippen LogP contribution in [0.25, 0.3) is 6.08 Å². The van der Waals surface area contributed by atoms with Crippen LogP contribution in [0.15, 0.2) is 48.7 Å². The molecule has 1 amide bonds. The van der Waals surface area contributed by atoms with Crippen LogP contribution in [0.5, 0.6) is 0 Å². The molecule has 0 saturated carbocycles. The lowest BCUT2D eigenvalue weighted by Gasteiger charge is -2.34. The van der Waals surface area contributed by atoms with Gasteiger partial charge in [-0.25, -0.2) is 0 Å². The molecule has 1 N–H and O–H groups in total. The lowest BCUT2D eigenvalue weighted by Crippen LogP contribution is -2.43. The van der Waals surface area contributed by atoms with Crippen LogP contribution in [0, 0.1) is 6.92 Å². The predicted molar refractivity (Wildman–Crippen MR) is 76.0 cm³/mol. The van der Waals surface area contributed by atoms with E-state index in [0.717, 1.165) is 16.7 Å². The summed E-state index contributed by atoms with van der Waals surface area (Å²) in [7, 11) is 0. The highest BCUT2D eigenvalue weighted by Gasteiger charge is 2.47. The second-order valence-electron chi connectivity index (χ2n) is 5.19. The highest BCUT2D eigenvalue weighted by Crippen LogP contribution is 2.42. The van der Waals surface area contributed by atoms with Crippen LogP contribution in [-0.4, -0.2) is 5.91 Å². The molecule has 2 aliphatic heterocycles. The van der Waals surface area contributed by atoms with Crippen LogP contribution in [0.1, 0.15) is 32.6 Å². The van der Waals surface area contributed by atoms with Gasteiger partial charge in [0.25, 0.3) is 5.91 Å². The Morgan fingerprint density at radius 3 is 2.85 bits per heavy atom. The molecule has 20 heavy (non-hydrogen) atoms. The topological polar surface area (TPSA) is 38.3 Å². The monoisotopic (exact) mass is 263 g/mol. The first-order chi connectivity index (χ1) is 9.71. The van der Waals surface area contributed by atoms with Crippen molar-refractivity contribution >= 4 is 12.0 Å². The van der Waals surface area contributed by atoms with E-state index in [2.05, 4.69) is 18.3 Å². The Kier molecular flexibility index (Phi) is 2.11. The van der Waals surface area contributed by atoms with Gasteiger partial charge in [-0.2, -0.15) is 0 Å². The number of hydrogen-bond donors (Lipinski definition) is 1. The van der Waals surface area contributed by atoms with Gasteiger partial charge in [0.2, 0.25) is 5.72 Å². The molecule has 0 saturated heterocycles. The Hall–Kier alpha value is -2.55. The largest absolute Gasteiger partial charge is 0.467 e. The van der Waals surface area contributed by atoms with Crippen LogP contribution < -0.4 is 5.32 Å². The summed E-state index contributed by atoms with van der Waals surface area (Å²) < 4.78 is 5.88. The third kappa shape index (κ3) is 1.32. The zero-order valence-electron chi connectivity index (χ0n) is 11.0. The number of carbonyl (C=O) groups excluding carboxylic acids is 1. The first-order valence-electron chi connectivity index (χ1n) is 6.58. The second-order valence-corrected chi connectivity index (χ2v) is 5.19. The minimum absolute atomic E-state index is 0.0950. The maximum atomic E-state index is 12.2. The van der Waals surface area contributed by atoms with Gasteiger partial charge in [0.15, 0.2) is 0 Å². The van der Waals surface area contributed by atoms with E-state index in [4.69, 9.17) is 4.74 Å². The zero-order valence-corrected chi connectivity index (χ0v) is 11.0. The van der Waals surface area contributed by atoms with Gasteiger partial charge in [0, 0.05) is 16.7 Å². The number of fused-ring (bicyclic) bond motifs is 4. The van der Waals surface area contributed by atoms with Gasteiger partial charge >= 0.3 is 0 Å². The number of benzene rings is 2. The summed E-state index contributed by atoms with van der Waals surface area (Å²) in [5, 5.41) is 3.00. The molecule has 3 nitrogen and oxygen atoms in total. The Morgan fingerprint density at radius 1 is 1.10 bits per heavy atom. The molecule has 1 unspecified atom stereocenters. The van der Waals surface area contributed by atoms with Gasteiger partial charge in [-0.3, -0.25) is 4.79 Å². The predicted octanol–water partition coefficient (Wildman–Crippen LogP) is 2.94. The first-order valence-corrected chi connectivity index (χ1v) is 6.58. The van der Waals surface area contributed by atoms with Crippen LogP contribution in [-0.2, 0) is 10.5 Å². The molecule has 1 atom stereocenters. The molecule has 2 aromatic rings. The van der Waals surface area contributed by atoms with Gasteiger partial charge in [-0.1, -0.05) is 42.0 Å². The first kappa shape index (κ1) is 11.3. The summed E-state index contributed by atoms with van der Waals surface area (Å²) in [6.07, 6.45) is 3.59. The van der Waals surface area contributed by atoms with Crippen molar-refractivity contribution in [3.8, 4) is 0 Å². The standard InChI is InChI=1S/C17H13NO2/c1-11-6-7-14-12(10-11)8-9-20-17(14)15-5-3-2-4-13(15)16(19)18-17/h2-10H,1H3,(H,18,19). The molecule has 3 heteroatoms. The van der Waals surface area contributed by atoms with E-state index >= 15 is 0 Å². The molecule has 0 aromatic heterocycles. The van der Waals surface area contributed by atoms with Crippen LogP contribution in [0.3, 0.4) is 0 Å². The number of carbonyl (C=O) groups is 1.